The van der Waals surface area contributed by atoms with Crippen LogP contribution in [0.3, 0.4) is 0 Å². The summed E-state index contributed by atoms with van der Waals surface area (Å²) in [6.07, 6.45) is -4.24. The Labute approximate surface area is 188 Å². The van der Waals surface area contributed by atoms with Crippen LogP contribution in [-0.4, -0.2) is 20.4 Å². The molecule has 4 atom stereocenters. The van der Waals surface area contributed by atoms with E-state index in [1.807, 2.05) is 0 Å². The van der Waals surface area contributed by atoms with E-state index >= 15 is 0 Å². The lowest BCUT2D eigenvalue weighted by atomic mass is 9.72. The van der Waals surface area contributed by atoms with Crippen molar-refractivity contribution in [2.75, 3.05) is 0 Å². The van der Waals surface area contributed by atoms with Crippen molar-refractivity contribution in [3.8, 4) is 0 Å². The molecular formula is C24H23F5O3S. The van der Waals surface area contributed by atoms with Crippen LogP contribution < -0.4 is 0 Å². The van der Waals surface area contributed by atoms with E-state index in [4.69, 9.17) is 0 Å². The van der Waals surface area contributed by atoms with Crippen molar-refractivity contribution in [3.63, 3.8) is 0 Å². The maximum Gasteiger partial charge on any atom is 0.426 e. The van der Waals surface area contributed by atoms with Crippen LogP contribution in [-0.2, 0) is 31.5 Å². The number of rotatable bonds is 4. The van der Waals surface area contributed by atoms with Crippen molar-refractivity contribution >= 4 is 15.6 Å². The molecule has 0 N–H and O–H groups in total. The highest BCUT2D eigenvalue weighted by atomic mass is 32.2. The topological polar surface area (TPSA) is 51.2 Å². The third-order valence-electron chi connectivity index (χ3n) is 7.40. The van der Waals surface area contributed by atoms with E-state index in [2.05, 4.69) is 0 Å². The normalized spacial score (nSPS) is 26.9. The van der Waals surface area contributed by atoms with Crippen LogP contribution in [0.1, 0.15) is 49.8 Å². The van der Waals surface area contributed by atoms with E-state index in [-0.39, 0.29) is 29.9 Å². The number of Topliss-reactive ketones (excluding diaryl/α,β-unsaturated/α-hetero) is 1. The first-order valence-electron chi connectivity index (χ1n) is 10.6. The molecule has 3 nitrogen and oxygen atoms in total. The van der Waals surface area contributed by atoms with Crippen molar-refractivity contribution in [1.29, 1.82) is 0 Å². The molecule has 0 saturated heterocycles. The lowest BCUT2D eigenvalue weighted by Gasteiger charge is -2.42. The van der Waals surface area contributed by atoms with E-state index < -0.39 is 49.6 Å². The van der Waals surface area contributed by atoms with Gasteiger partial charge in [-0.15, -0.1) is 0 Å². The molecule has 178 valence electrons. The van der Waals surface area contributed by atoms with Gasteiger partial charge < -0.3 is 0 Å². The second-order valence-electron chi connectivity index (χ2n) is 9.12. The molecule has 2 aliphatic rings. The lowest BCUT2D eigenvalue weighted by Crippen LogP contribution is -2.45. The number of carbonyl (C=O) groups is 1. The van der Waals surface area contributed by atoms with Gasteiger partial charge in [0.25, 0.3) is 0 Å². The minimum atomic E-state index is -5.14. The first kappa shape index (κ1) is 23.9. The highest BCUT2D eigenvalue weighted by Gasteiger charge is 2.61. The van der Waals surface area contributed by atoms with E-state index in [1.54, 1.807) is 0 Å². The van der Waals surface area contributed by atoms with Gasteiger partial charge in [-0.1, -0.05) is 18.2 Å². The van der Waals surface area contributed by atoms with Crippen molar-refractivity contribution in [1.82, 2.24) is 0 Å². The zero-order valence-corrected chi connectivity index (χ0v) is 18.9. The van der Waals surface area contributed by atoms with Crippen LogP contribution in [0.5, 0.6) is 0 Å². The molecule has 33 heavy (non-hydrogen) atoms. The van der Waals surface area contributed by atoms with Crippen LogP contribution in [0.2, 0.25) is 0 Å². The molecule has 4 rings (SSSR count). The standard InChI is InChI=1S/C24H23F5O3S/c1-14(30)19-11-12-23(33(31,32)18-7-5-17(25)6-8-18)20-10-4-16(22(2,26)24(27,28)29)13-15(20)3-9-21(19)23/h4-8,10,13,19,21H,3,9,11-12H2,1-2H3/t19-,21-,22?,23+/m0/s1. The Bertz CT molecular complexity index is 1200. The molecule has 0 radical (unpaired) electrons. The minimum Gasteiger partial charge on any atom is -0.300 e. The number of benzene rings is 2. The summed E-state index contributed by atoms with van der Waals surface area (Å²) in [5.74, 6) is -1.86. The summed E-state index contributed by atoms with van der Waals surface area (Å²) in [7, 11) is -4.17. The van der Waals surface area contributed by atoms with Gasteiger partial charge in [-0.2, -0.15) is 13.2 Å². The van der Waals surface area contributed by atoms with E-state index in [0.29, 0.717) is 24.5 Å². The number of hydrogen-bond donors (Lipinski definition) is 0. The lowest BCUT2D eigenvalue weighted by molar-refractivity contribution is -0.228. The molecule has 9 heteroatoms. The van der Waals surface area contributed by atoms with Crippen LogP contribution in [0.4, 0.5) is 22.0 Å². The molecule has 2 aromatic carbocycles. The Morgan fingerprint density at radius 1 is 1.03 bits per heavy atom. The van der Waals surface area contributed by atoms with Gasteiger partial charge >= 0.3 is 6.18 Å². The van der Waals surface area contributed by atoms with Crippen molar-refractivity contribution < 1.29 is 35.2 Å². The molecule has 0 amide bonds. The summed E-state index contributed by atoms with van der Waals surface area (Å²) in [5.41, 5.74) is -3.57. The van der Waals surface area contributed by atoms with Gasteiger partial charge in [0.05, 0.1) is 4.90 Å². The summed E-state index contributed by atoms with van der Waals surface area (Å²) in [4.78, 5) is 12.2. The predicted molar refractivity (Wildman–Crippen MR) is 111 cm³/mol. The second-order valence-corrected chi connectivity index (χ2v) is 11.3. The van der Waals surface area contributed by atoms with Crippen LogP contribution in [0.25, 0.3) is 0 Å². The average Bonchev–Trinajstić information content (AvgIpc) is 3.15. The van der Waals surface area contributed by atoms with E-state index in [1.165, 1.54) is 13.0 Å². The molecule has 0 heterocycles. The van der Waals surface area contributed by atoms with Gasteiger partial charge in [0.1, 0.15) is 16.3 Å². The largest absolute Gasteiger partial charge is 0.426 e. The Balaban J connectivity index is 1.94. The molecular weight excluding hydrogens is 463 g/mol. The van der Waals surface area contributed by atoms with Crippen molar-refractivity contribution in [2.45, 2.75) is 61.0 Å². The Kier molecular flexibility index (Phi) is 5.50. The Hall–Kier alpha value is -2.29. The quantitative estimate of drug-likeness (QED) is 0.405. The van der Waals surface area contributed by atoms with Gasteiger partial charge in [0.2, 0.25) is 5.67 Å². The van der Waals surface area contributed by atoms with Crippen molar-refractivity contribution in [2.24, 2.45) is 11.8 Å². The monoisotopic (exact) mass is 486 g/mol. The number of sulfone groups is 1. The van der Waals surface area contributed by atoms with Crippen LogP contribution >= 0.6 is 0 Å². The molecule has 1 saturated carbocycles. The van der Waals surface area contributed by atoms with E-state index in [9.17, 15) is 35.2 Å². The number of aryl methyl sites for hydroxylation is 1. The zero-order valence-electron chi connectivity index (χ0n) is 18.0. The third-order valence-corrected chi connectivity index (χ3v) is 9.98. The van der Waals surface area contributed by atoms with Gasteiger partial charge in [-0.05, 0) is 86.4 Å². The second kappa shape index (κ2) is 7.61. The highest BCUT2D eigenvalue weighted by Crippen LogP contribution is 2.59. The van der Waals surface area contributed by atoms with Crippen LogP contribution in [0.15, 0.2) is 47.4 Å². The summed E-state index contributed by atoms with van der Waals surface area (Å²) in [6, 6.07) is 7.72. The maximum atomic E-state index is 14.6. The molecule has 1 unspecified atom stereocenters. The predicted octanol–water partition coefficient (Wildman–Crippen LogP) is 5.80. The van der Waals surface area contributed by atoms with E-state index in [0.717, 1.165) is 36.4 Å². The summed E-state index contributed by atoms with van der Waals surface area (Å²) < 4.78 is 94.4. The molecule has 0 aromatic heterocycles. The Morgan fingerprint density at radius 3 is 2.24 bits per heavy atom. The molecule has 1 fully saturated rings. The van der Waals surface area contributed by atoms with Gasteiger partial charge in [0.15, 0.2) is 9.84 Å². The molecule has 0 spiro atoms. The van der Waals surface area contributed by atoms with Crippen LogP contribution in [0, 0.1) is 17.7 Å². The average molecular weight is 487 g/mol. The SMILES string of the molecule is CC(=O)[C@@H]1CC[C@@]2(S(=O)(=O)c3ccc(F)cc3)c3ccc(C(C)(F)C(F)(F)F)cc3CC[C@@H]12. The molecule has 0 aliphatic heterocycles. The number of alkyl halides is 4. The van der Waals surface area contributed by atoms with Gasteiger partial charge in [-0.25, -0.2) is 17.2 Å². The minimum absolute atomic E-state index is 0.0974. The fourth-order valence-corrected chi connectivity index (χ4v) is 8.09. The zero-order chi connectivity index (χ0) is 24.4. The molecule has 2 aromatic rings. The summed E-state index contributed by atoms with van der Waals surface area (Å²) in [6.45, 7) is 1.84. The first-order chi connectivity index (χ1) is 15.2. The number of carbonyl (C=O) groups excluding carboxylic acids is 1. The maximum absolute atomic E-state index is 14.6. The number of fused-ring (bicyclic) bond motifs is 3. The third kappa shape index (κ3) is 3.42. The molecule has 2 aliphatic carbocycles. The van der Waals surface area contributed by atoms with Gasteiger partial charge in [0, 0.05) is 5.92 Å². The highest BCUT2D eigenvalue weighted by molar-refractivity contribution is 7.92. The fraction of sp³-hybridized carbons (Fsp3) is 0.458. The summed E-state index contributed by atoms with van der Waals surface area (Å²) in [5, 5.41) is 0. The summed E-state index contributed by atoms with van der Waals surface area (Å²) >= 11 is 0. The number of halogens is 5. The van der Waals surface area contributed by atoms with Gasteiger partial charge in [-0.3, -0.25) is 4.79 Å². The number of hydrogen-bond acceptors (Lipinski definition) is 3. The first-order valence-corrected chi connectivity index (χ1v) is 12.1. The fourth-order valence-electron chi connectivity index (χ4n) is 5.62. The molecule has 0 bridgehead atoms. The smallest absolute Gasteiger partial charge is 0.300 e. The van der Waals surface area contributed by atoms with Crippen molar-refractivity contribution in [3.05, 3.63) is 65.0 Å². The Morgan fingerprint density at radius 2 is 1.67 bits per heavy atom. The number of ketones is 1.